The van der Waals surface area contributed by atoms with Crippen LogP contribution in [0.2, 0.25) is 0 Å². The summed E-state index contributed by atoms with van der Waals surface area (Å²) < 4.78 is 0. The third kappa shape index (κ3) is 6.50. The van der Waals surface area contributed by atoms with Gasteiger partial charge in [0.15, 0.2) is 11.6 Å². The number of pyridine rings is 1. The number of Topliss-reactive ketones (excluding diaryl/α,β-unsaturated/α-hetero) is 2. The van der Waals surface area contributed by atoms with Crippen molar-refractivity contribution in [3.05, 3.63) is 54.7 Å². The van der Waals surface area contributed by atoms with Crippen molar-refractivity contribution < 1.29 is 29.7 Å². The van der Waals surface area contributed by atoms with Gasteiger partial charge in [-0.05, 0) is 12.1 Å². The molecule has 20 heavy (non-hydrogen) atoms. The third-order valence-corrected chi connectivity index (χ3v) is 2.45. The predicted octanol–water partition coefficient (Wildman–Crippen LogP) is 3.30. The molecule has 0 bridgehead atoms. The molecule has 0 saturated heterocycles. The molecule has 1 aromatic heterocycles. The summed E-state index contributed by atoms with van der Waals surface area (Å²) in [5, 5.41) is 0. The van der Waals surface area contributed by atoms with Crippen LogP contribution < -0.4 is 0 Å². The Labute approximate surface area is 132 Å². The van der Waals surface area contributed by atoms with Crippen LogP contribution in [0.1, 0.15) is 20.3 Å². The summed E-state index contributed by atoms with van der Waals surface area (Å²) in [6.07, 6.45) is 2.14. The SMILES string of the molecule is CCC(=O)C(C)=O.[Ir].c1ccc(-c2ccccn2)cc1. The van der Waals surface area contributed by atoms with Crippen molar-refractivity contribution in [1.29, 1.82) is 0 Å². The average Bonchev–Trinajstić information content (AvgIpc) is 2.49. The van der Waals surface area contributed by atoms with Crippen molar-refractivity contribution in [3.8, 4) is 11.3 Å². The van der Waals surface area contributed by atoms with E-state index in [1.807, 2.05) is 42.6 Å². The van der Waals surface area contributed by atoms with Crippen LogP contribution in [0.5, 0.6) is 0 Å². The molecule has 4 heteroatoms. The molecule has 2 aromatic rings. The number of hydrogen-bond donors (Lipinski definition) is 0. The molecular weight excluding hydrogens is 430 g/mol. The van der Waals surface area contributed by atoms with Gasteiger partial charge in [0.1, 0.15) is 0 Å². The summed E-state index contributed by atoms with van der Waals surface area (Å²) >= 11 is 0. The van der Waals surface area contributed by atoms with Crippen LogP contribution in [0.25, 0.3) is 11.3 Å². The van der Waals surface area contributed by atoms with Crippen molar-refractivity contribution in [2.24, 2.45) is 0 Å². The first-order chi connectivity index (χ1) is 9.15. The minimum atomic E-state index is -0.345. The van der Waals surface area contributed by atoms with Crippen molar-refractivity contribution >= 4 is 11.6 Å². The van der Waals surface area contributed by atoms with Crippen LogP contribution in [0, 0.1) is 0 Å². The second kappa shape index (κ2) is 10.2. The van der Waals surface area contributed by atoms with E-state index in [4.69, 9.17) is 0 Å². The van der Waals surface area contributed by atoms with E-state index in [-0.39, 0.29) is 31.7 Å². The Hall–Kier alpha value is -1.64. The van der Waals surface area contributed by atoms with E-state index in [1.165, 1.54) is 6.92 Å². The number of hydrogen-bond acceptors (Lipinski definition) is 3. The van der Waals surface area contributed by atoms with E-state index in [2.05, 4.69) is 17.1 Å². The zero-order valence-electron chi connectivity index (χ0n) is 11.5. The molecular formula is C16H17IrNO2. The van der Waals surface area contributed by atoms with E-state index in [9.17, 15) is 9.59 Å². The van der Waals surface area contributed by atoms with E-state index in [0.29, 0.717) is 6.42 Å². The molecule has 1 radical (unpaired) electrons. The number of ketones is 2. The van der Waals surface area contributed by atoms with Crippen LogP contribution in [0.15, 0.2) is 54.7 Å². The van der Waals surface area contributed by atoms with Gasteiger partial charge in [-0.15, -0.1) is 0 Å². The van der Waals surface area contributed by atoms with Gasteiger partial charge in [0.25, 0.3) is 0 Å². The zero-order valence-corrected chi connectivity index (χ0v) is 13.9. The standard InChI is InChI=1S/C11H9N.C5H8O2.Ir/c1-2-6-10(7-3-1)11-8-4-5-9-12-11;1-3-5(7)4(2)6;/h1-9H;3H2,1-2H3;. The van der Waals surface area contributed by atoms with Crippen LogP contribution in [0.3, 0.4) is 0 Å². The molecule has 1 heterocycles. The molecule has 0 amide bonds. The number of nitrogens with zero attached hydrogens (tertiary/aromatic N) is 1. The first-order valence-corrected chi connectivity index (χ1v) is 6.15. The van der Waals surface area contributed by atoms with Crippen LogP contribution in [-0.4, -0.2) is 16.6 Å². The van der Waals surface area contributed by atoms with Crippen LogP contribution in [-0.2, 0) is 29.7 Å². The topological polar surface area (TPSA) is 47.0 Å². The van der Waals surface area contributed by atoms with E-state index in [0.717, 1.165) is 11.3 Å². The second-order valence-electron chi connectivity index (χ2n) is 3.91. The van der Waals surface area contributed by atoms with Crippen molar-refractivity contribution in [1.82, 2.24) is 4.98 Å². The zero-order chi connectivity index (χ0) is 14.1. The Morgan fingerprint density at radius 3 is 2.00 bits per heavy atom. The minimum absolute atomic E-state index is 0. The second-order valence-corrected chi connectivity index (χ2v) is 3.91. The van der Waals surface area contributed by atoms with Gasteiger partial charge in [-0.25, -0.2) is 0 Å². The number of benzene rings is 1. The van der Waals surface area contributed by atoms with Crippen molar-refractivity contribution in [2.75, 3.05) is 0 Å². The van der Waals surface area contributed by atoms with Gasteiger partial charge in [-0.3, -0.25) is 14.6 Å². The largest absolute Gasteiger partial charge is 0.291 e. The maximum absolute atomic E-state index is 10.2. The summed E-state index contributed by atoms with van der Waals surface area (Å²) in [6, 6.07) is 16.1. The van der Waals surface area contributed by atoms with Gasteiger partial charge in [-0.1, -0.05) is 43.3 Å². The Morgan fingerprint density at radius 2 is 1.60 bits per heavy atom. The minimum Gasteiger partial charge on any atom is -0.291 e. The molecule has 0 saturated carbocycles. The molecule has 2 rings (SSSR count). The van der Waals surface area contributed by atoms with E-state index in [1.54, 1.807) is 6.92 Å². The predicted molar refractivity (Wildman–Crippen MR) is 75.7 cm³/mol. The van der Waals surface area contributed by atoms with Gasteiger partial charge in [0, 0.05) is 45.2 Å². The molecule has 0 unspecified atom stereocenters. The summed E-state index contributed by atoms with van der Waals surface area (Å²) in [5.74, 6) is -0.637. The van der Waals surface area contributed by atoms with Crippen LogP contribution in [0.4, 0.5) is 0 Å². The van der Waals surface area contributed by atoms with Gasteiger partial charge in [-0.2, -0.15) is 0 Å². The first-order valence-electron chi connectivity index (χ1n) is 6.15. The Balaban J connectivity index is 0.000000396. The maximum Gasteiger partial charge on any atom is 0.197 e. The van der Waals surface area contributed by atoms with Gasteiger partial charge in [0.05, 0.1) is 5.69 Å². The summed E-state index contributed by atoms with van der Waals surface area (Å²) in [4.78, 5) is 24.4. The molecule has 1 aromatic carbocycles. The molecule has 0 atom stereocenters. The number of aromatic nitrogens is 1. The molecule has 107 valence electrons. The summed E-state index contributed by atoms with van der Waals surface area (Å²) in [5.41, 5.74) is 2.19. The number of rotatable bonds is 3. The Kier molecular flexibility index (Phi) is 9.35. The average molecular weight is 448 g/mol. The number of carbonyl (C=O) groups excluding carboxylic acids is 2. The normalized spacial score (nSPS) is 8.70. The van der Waals surface area contributed by atoms with Gasteiger partial charge >= 0.3 is 0 Å². The fraction of sp³-hybridized carbons (Fsp3) is 0.188. The molecule has 0 aliphatic rings. The molecule has 0 aliphatic heterocycles. The smallest absolute Gasteiger partial charge is 0.197 e. The van der Waals surface area contributed by atoms with Crippen LogP contribution >= 0.6 is 0 Å². The molecule has 0 fully saturated rings. The van der Waals surface area contributed by atoms with Gasteiger partial charge < -0.3 is 0 Å². The molecule has 0 aliphatic carbocycles. The van der Waals surface area contributed by atoms with Gasteiger partial charge in [0.2, 0.25) is 0 Å². The van der Waals surface area contributed by atoms with E-state index < -0.39 is 0 Å². The Bertz CT molecular complexity index is 489. The first kappa shape index (κ1) is 18.4. The summed E-state index contributed by atoms with van der Waals surface area (Å²) in [6.45, 7) is 2.95. The van der Waals surface area contributed by atoms with E-state index >= 15 is 0 Å². The third-order valence-electron chi connectivity index (χ3n) is 2.45. The Morgan fingerprint density at radius 1 is 1.00 bits per heavy atom. The molecule has 3 nitrogen and oxygen atoms in total. The van der Waals surface area contributed by atoms with Crippen molar-refractivity contribution in [2.45, 2.75) is 20.3 Å². The summed E-state index contributed by atoms with van der Waals surface area (Å²) in [7, 11) is 0. The number of carbonyl (C=O) groups is 2. The van der Waals surface area contributed by atoms with Crippen molar-refractivity contribution in [3.63, 3.8) is 0 Å². The monoisotopic (exact) mass is 448 g/mol. The molecule has 0 spiro atoms. The maximum atomic E-state index is 10.2. The fourth-order valence-electron chi connectivity index (χ4n) is 1.39. The quantitative estimate of drug-likeness (QED) is 0.679. The fourth-order valence-corrected chi connectivity index (χ4v) is 1.39. The molecule has 0 N–H and O–H groups in total.